The van der Waals surface area contributed by atoms with E-state index in [1.807, 2.05) is 0 Å². The van der Waals surface area contributed by atoms with Crippen LogP contribution in [0.25, 0.3) is 5.69 Å². The molecule has 28 heavy (non-hydrogen) atoms. The van der Waals surface area contributed by atoms with E-state index in [1.54, 1.807) is 19.1 Å². The molecule has 146 valence electrons. The van der Waals surface area contributed by atoms with Crippen molar-refractivity contribution in [2.45, 2.75) is 39.0 Å². The standard InChI is InChI=1S/C20H22N4O4/c1-14-13-18(25)19(20(26)21-12-11-15-7-3-2-4-8-15)22-23(14)16-9-5-6-10-17(16)24(27)28/h5-7,9-10,13H,2-4,8,11-12H2,1H3,(H,21,26). The second-order valence-electron chi connectivity index (χ2n) is 6.77. The van der Waals surface area contributed by atoms with E-state index in [0.29, 0.717) is 12.2 Å². The van der Waals surface area contributed by atoms with Gasteiger partial charge in [0.25, 0.3) is 11.6 Å². The number of benzene rings is 1. The highest BCUT2D eigenvalue weighted by atomic mass is 16.6. The molecule has 1 aromatic heterocycles. The maximum absolute atomic E-state index is 12.5. The van der Waals surface area contributed by atoms with E-state index in [1.165, 1.54) is 41.3 Å². The van der Waals surface area contributed by atoms with E-state index >= 15 is 0 Å². The maximum Gasteiger partial charge on any atom is 0.294 e. The molecular weight excluding hydrogens is 360 g/mol. The Morgan fingerprint density at radius 1 is 1.32 bits per heavy atom. The van der Waals surface area contributed by atoms with Crippen LogP contribution >= 0.6 is 0 Å². The fourth-order valence-electron chi connectivity index (χ4n) is 3.30. The van der Waals surface area contributed by atoms with Gasteiger partial charge in [-0.25, -0.2) is 4.68 Å². The van der Waals surface area contributed by atoms with Gasteiger partial charge in [0.1, 0.15) is 5.69 Å². The number of nitro groups is 1. The highest BCUT2D eigenvalue weighted by Crippen LogP contribution is 2.22. The molecule has 0 fully saturated rings. The fourth-order valence-corrected chi connectivity index (χ4v) is 3.30. The third-order valence-electron chi connectivity index (χ3n) is 4.75. The molecule has 3 rings (SSSR count). The third kappa shape index (κ3) is 4.33. The van der Waals surface area contributed by atoms with Crippen LogP contribution in [0.1, 0.15) is 48.3 Å². The number of carbonyl (C=O) groups excluding carboxylic acids is 1. The van der Waals surface area contributed by atoms with Gasteiger partial charge >= 0.3 is 0 Å². The normalized spacial score (nSPS) is 13.7. The van der Waals surface area contributed by atoms with Gasteiger partial charge in [0.05, 0.1) is 4.92 Å². The van der Waals surface area contributed by atoms with Crippen LogP contribution < -0.4 is 10.7 Å². The van der Waals surface area contributed by atoms with Crippen LogP contribution in [-0.4, -0.2) is 27.2 Å². The number of nitrogens with zero attached hydrogens (tertiary/aromatic N) is 3. The predicted molar refractivity (Wildman–Crippen MR) is 105 cm³/mol. The Hall–Kier alpha value is -3.29. The van der Waals surface area contributed by atoms with Crippen molar-refractivity contribution < 1.29 is 9.72 Å². The Labute approximate surface area is 162 Å². The van der Waals surface area contributed by atoms with E-state index in [2.05, 4.69) is 16.5 Å². The smallest absolute Gasteiger partial charge is 0.294 e. The number of allylic oxidation sites excluding steroid dienone is 1. The second kappa shape index (κ2) is 8.60. The Morgan fingerprint density at radius 2 is 2.11 bits per heavy atom. The van der Waals surface area contributed by atoms with Crippen LogP contribution in [0.3, 0.4) is 0 Å². The maximum atomic E-state index is 12.5. The molecule has 0 aliphatic heterocycles. The molecule has 1 aliphatic carbocycles. The highest BCUT2D eigenvalue weighted by Gasteiger charge is 2.20. The van der Waals surface area contributed by atoms with E-state index in [4.69, 9.17) is 0 Å². The van der Waals surface area contributed by atoms with Crippen LogP contribution in [0.5, 0.6) is 0 Å². The largest absolute Gasteiger partial charge is 0.350 e. The Morgan fingerprint density at radius 3 is 2.82 bits per heavy atom. The quantitative estimate of drug-likeness (QED) is 0.469. The van der Waals surface area contributed by atoms with Crippen LogP contribution in [0.4, 0.5) is 5.69 Å². The van der Waals surface area contributed by atoms with Gasteiger partial charge in [-0.1, -0.05) is 23.8 Å². The summed E-state index contributed by atoms with van der Waals surface area (Å²) in [5, 5.41) is 18.2. The van der Waals surface area contributed by atoms with Crippen LogP contribution in [0.15, 0.2) is 46.8 Å². The van der Waals surface area contributed by atoms with Gasteiger partial charge in [0.15, 0.2) is 5.69 Å². The average molecular weight is 382 g/mol. The lowest BCUT2D eigenvalue weighted by Gasteiger charge is -2.13. The number of aryl methyl sites for hydroxylation is 1. The first-order valence-corrected chi connectivity index (χ1v) is 9.28. The molecule has 0 saturated heterocycles. The number of nitrogens with one attached hydrogen (secondary N) is 1. The van der Waals surface area contributed by atoms with E-state index < -0.39 is 16.3 Å². The van der Waals surface area contributed by atoms with Crippen molar-refractivity contribution in [2.75, 3.05) is 6.54 Å². The molecule has 0 spiro atoms. The van der Waals surface area contributed by atoms with Crippen LogP contribution in [0, 0.1) is 17.0 Å². The first kappa shape index (κ1) is 19.5. The van der Waals surface area contributed by atoms with Gasteiger partial charge < -0.3 is 5.32 Å². The Bertz CT molecular complexity index is 994. The molecular formula is C20H22N4O4. The Kier molecular flexibility index (Phi) is 5.98. The Balaban J connectivity index is 1.83. The minimum atomic E-state index is -0.575. The number of hydrogen-bond acceptors (Lipinski definition) is 5. The minimum Gasteiger partial charge on any atom is -0.350 e. The zero-order valence-corrected chi connectivity index (χ0v) is 15.7. The molecule has 1 N–H and O–H groups in total. The van der Waals surface area contributed by atoms with Gasteiger partial charge in [0, 0.05) is 24.4 Å². The molecule has 2 aromatic rings. The topological polar surface area (TPSA) is 107 Å². The van der Waals surface area contributed by atoms with Gasteiger partial charge in [-0.05, 0) is 45.1 Å². The first-order chi connectivity index (χ1) is 13.5. The van der Waals surface area contributed by atoms with E-state index in [-0.39, 0.29) is 17.1 Å². The summed E-state index contributed by atoms with van der Waals surface area (Å²) in [5.41, 5.74) is 0.982. The zero-order valence-electron chi connectivity index (χ0n) is 15.7. The first-order valence-electron chi connectivity index (χ1n) is 9.28. The van der Waals surface area contributed by atoms with Crippen molar-refractivity contribution in [3.8, 4) is 5.69 Å². The summed E-state index contributed by atoms with van der Waals surface area (Å²) >= 11 is 0. The summed E-state index contributed by atoms with van der Waals surface area (Å²) < 4.78 is 1.26. The summed E-state index contributed by atoms with van der Waals surface area (Å²) in [7, 11) is 0. The molecule has 0 saturated carbocycles. The number of aromatic nitrogens is 2. The van der Waals surface area contributed by atoms with Crippen molar-refractivity contribution >= 4 is 11.6 Å². The molecule has 8 heteroatoms. The number of hydrogen-bond donors (Lipinski definition) is 1. The fraction of sp³-hybridized carbons (Fsp3) is 0.350. The molecule has 0 bridgehead atoms. The van der Waals surface area contributed by atoms with E-state index in [9.17, 15) is 19.7 Å². The van der Waals surface area contributed by atoms with Crippen LogP contribution in [0.2, 0.25) is 0 Å². The summed E-state index contributed by atoms with van der Waals surface area (Å²) in [5.74, 6) is -0.575. The molecule has 1 aromatic carbocycles. The van der Waals surface area contributed by atoms with Crippen molar-refractivity contribution in [1.29, 1.82) is 0 Å². The molecule has 0 atom stereocenters. The predicted octanol–water partition coefficient (Wildman–Crippen LogP) is 3.07. The van der Waals surface area contributed by atoms with Gasteiger partial charge in [0.2, 0.25) is 5.43 Å². The average Bonchev–Trinajstić information content (AvgIpc) is 2.69. The van der Waals surface area contributed by atoms with Gasteiger partial charge in [-0.15, -0.1) is 0 Å². The lowest BCUT2D eigenvalue weighted by molar-refractivity contribution is -0.384. The summed E-state index contributed by atoms with van der Waals surface area (Å²) in [6.45, 7) is 2.04. The zero-order chi connectivity index (χ0) is 20.1. The molecule has 1 heterocycles. The monoisotopic (exact) mass is 382 g/mol. The number of rotatable bonds is 6. The lowest BCUT2D eigenvalue weighted by atomic mass is 9.97. The number of para-hydroxylation sites is 2. The molecule has 1 amide bonds. The minimum absolute atomic E-state index is 0.155. The van der Waals surface area contributed by atoms with Crippen LogP contribution in [-0.2, 0) is 0 Å². The van der Waals surface area contributed by atoms with Crippen molar-refractivity contribution in [3.63, 3.8) is 0 Å². The van der Waals surface area contributed by atoms with E-state index in [0.717, 1.165) is 19.3 Å². The molecule has 1 aliphatic rings. The number of nitro benzene ring substituents is 1. The molecule has 8 nitrogen and oxygen atoms in total. The van der Waals surface area contributed by atoms with Gasteiger partial charge in [-0.3, -0.25) is 19.7 Å². The summed E-state index contributed by atoms with van der Waals surface area (Å²) in [4.78, 5) is 35.5. The van der Waals surface area contributed by atoms with Crippen molar-refractivity contribution in [3.05, 3.63) is 73.7 Å². The highest BCUT2D eigenvalue weighted by molar-refractivity contribution is 5.92. The second-order valence-corrected chi connectivity index (χ2v) is 6.77. The lowest BCUT2D eigenvalue weighted by Crippen LogP contribution is -2.32. The third-order valence-corrected chi connectivity index (χ3v) is 4.75. The summed E-state index contributed by atoms with van der Waals surface area (Å²) in [6.07, 6.45) is 7.44. The molecule has 0 radical (unpaired) electrons. The summed E-state index contributed by atoms with van der Waals surface area (Å²) in [6, 6.07) is 7.33. The van der Waals surface area contributed by atoms with Crippen molar-refractivity contribution in [2.24, 2.45) is 0 Å². The number of carbonyl (C=O) groups is 1. The SMILES string of the molecule is Cc1cc(=O)c(C(=O)NCCC2=CCCCC2)nn1-c1ccccc1[N+](=O)[O-]. The van der Waals surface area contributed by atoms with Gasteiger partial charge in [-0.2, -0.15) is 5.10 Å². The molecule has 0 unspecified atom stereocenters. The van der Waals surface area contributed by atoms with Crippen molar-refractivity contribution in [1.82, 2.24) is 15.1 Å². The number of amides is 1.